The monoisotopic (exact) mass is 291 g/mol. The van der Waals surface area contributed by atoms with Crippen molar-refractivity contribution in [3.63, 3.8) is 0 Å². The Hall–Kier alpha value is -0.976. The Morgan fingerprint density at radius 2 is 1.71 bits per heavy atom. The Labute approximate surface area is 126 Å². The maximum Gasteiger partial charge on any atom is 0 e. The molecule has 0 heterocycles. The molecule has 17 heavy (non-hydrogen) atoms. The Bertz CT molecular complexity index is 683. The van der Waals surface area contributed by atoms with E-state index in [-0.39, 0.29) is 32.7 Å². The van der Waals surface area contributed by atoms with Crippen LogP contribution < -0.4 is 0 Å². The molecule has 0 saturated heterocycles. The molecule has 0 unspecified atom stereocenters. The molecule has 0 spiro atoms. The van der Waals surface area contributed by atoms with Gasteiger partial charge >= 0.3 is 0 Å². The van der Waals surface area contributed by atoms with Crippen molar-refractivity contribution in [3.05, 3.63) is 66.7 Å². The topological polar surface area (TPSA) is 0 Å². The number of fused-ring (bicyclic) bond motifs is 3. The minimum atomic E-state index is 0. The van der Waals surface area contributed by atoms with Crippen molar-refractivity contribution < 1.29 is 32.7 Å². The summed E-state index contributed by atoms with van der Waals surface area (Å²) in [5, 5.41) is 4.90. The molecule has 1 heteroatoms. The van der Waals surface area contributed by atoms with Crippen LogP contribution in [0.25, 0.3) is 27.6 Å². The molecular weight excluding hydrogens is 281 g/mol. The zero-order valence-corrected chi connectivity index (χ0v) is 12.2. The van der Waals surface area contributed by atoms with Crippen LogP contribution in [0.4, 0.5) is 0 Å². The number of benzene rings is 3. The predicted molar refractivity (Wildman–Crippen MR) is 69.1 cm³/mol. The van der Waals surface area contributed by atoms with E-state index in [0.29, 0.717) is 0 Å². The minimum Gasteiger partial charge on any atom is -0.344 e. The van der Waals surface area contributed by atoms with Gasteiger partial charge in [-0.15, -0.1) is 17.5 Å². The summed E-state index contributed by atoms with van der Waals surface area (Å²) in [5.74, 6) is 0. The van der Waals surface area contributed by atoms with Crippen LogP contribution in [0.1, 0.15) is 5.56 Å². The van der Waals surface area contributed by atoms with Crippen LogP contribution in [0, 0.1) is 12.6 Å². The SMILES string of the molecule is [CH-]=Cc1[c-]ccc2c1ccc1ccccc12.[Y]. The van der Waals surface area contributed by atoms with Crippen molar-refractivity contribution in [2.75, 3.05) is 0 Å². The van der Waals surface area contributed by atoms with Gasteiger partial charge < -0.3 is 12.7 Å². The Morgan fingerprint density at radius 1 is 0.882 bits per heavy atom. The summed E-state index contributed by atoms with van der Waals surface area (Å²) in [7, 11) is 0. The molecule has 0 fully saturated rings. The largest absolute Gasteiger partial charge is 0.344 e. The van der Waals surface area contributed by atoms with Gasteiger partial charge in [-0.05, 0) is 10.8 Å². The quantitative estimate of drug-likeness (QED) is 0.465. The maximum absolute atomic E-state index is 5.60. The summed E-state index contributed by atoms with van der Waals surface area (Å²) >= 11 is 0. The van der Waals surface area contributed by atoms with Gasteiger partial charge in [-0.2, -0.15) is 11.5 Å². The molecular formula is C16H10Y-2. The van der Waals surface area contributed by atoms with Gasteiger partial charge in [0.15, 0.2) is 0 Å². The van der Waals surface area contributed by atoms with Gasteiger partial charge in [-0.25, -0.2) is 6.07 Å². The third-order valence-electron chi connectivity index (χ3n) is 2.92. The second-order valence-corrected chi connectivity index (χ2v) is 3.81. The molecule has 79 valence electrons. The van der Waals surface area contributed by atoms with Crippen LogP contribution in [-0.2, 0) is 32.7 Å². The molecule has 0 N–H and O–H groups in total. The van der Waals surface area contributed by atoms with Gasteiger partial charge in [0.2, 0.25) is 0 Å². The smallest absolute Gasteiger partial charge is 0 e. The number of hydrogen-bond acceptors (Lipinski definition) is 0. The normalized spacial score (nSPS) is 10.1. The van der Waals surface area contributed by atoms with Crippen LogP contribution in [-0.4, -0.2) is 0 Å². The molecule has 0 aliphatic rings. The van der Waals surface area contributed by atoms with Crippen LogP contribution in [0.5, 0.6) is 0 Å². The molecule has 0 aliphatic heterocycles. The van der Waals surface area contributed by atoms with Gasteiger partial charge in [-0.3, -0.25) is 5.56 Å². The summed E-state index contributed by atoms with van der Waals surface area (Å²) < 4.78 is 0. The van der Waals surface area contributed by atoms with E-state index in [2.05, 4.69) is 48.5 Å². The van der Waals surface area contributed by atoms with Crippen LogP contribution >= 0.6 is 0 Å². The molecule has 0 amide bonds. The van der Waals surface area contributed by atoms with Crippen molar-refractivity contribution in [1.82, 2.24) is 0 Å². The van der Waals surface area contributed by atoms with E-state index >= 15 is 0 Å². The molecule has 0 atom stereocenters. The van der Waals surface area contributed by atoms with E-state index in [1.807, 2.05) is 6.07 Å². The zero-order chi connectivity index (χ0) is 11.0. The molecule has 3 aromatic carbocycles. The van der Waals surface area contributed by atoms with Crippen molar-refractivity contribution in [2.45, 2.75) is 0 Å². The third-order valence-corrected chi connectivity index (χ3v) is 2.92. The standard InChI is InChI=1S/C16H10.Y/c1-2-12-7-5-9-16-14-8-4-3-6-13(14)10-11-15(12)16;/h1-6,8-11H;/q-2;. The predicted octanol–water partition coefficient (Wildman–Crippen LogP) is 4.24. The Morgan fingerprint density at radius 3 is 2.53 bits per heavy atom. The van der Waals surface area contributed by atoms with Gasteiger partial charge in [0, 0.05) is 32.7 Å². The van der Waals surface area contributed by atoms with Crippen LogP contribution in [0.15, 0.2) is 48.5 Å². The third kappa shape index (κ3) is 2.08. The van der Waals surface area contributed by atoms with E-state index in [9.17, 15) is 0 Å². The molecule has 0 aromatic heterocycles. The van der Waals surface area contributed by atoms with Gasteiger partial charge in [-0.1, -0.05) is 30.3 Å². The fourth-order valence-electron chi connectivity index (χ4n) is 2.14. The maximum atomic E-state index is 5.60. The molecule has 1 radical (unpaired) electrons. The Kier molecular flexibility index (Phi) is 3.76. The minimum absolute atomic E-state index is 0. The van der Waals surface area contributed by atoms with E-state index in [1.54, 1.807) is 6.08 Å². The molecule has 0 nitrogen and oxygen atoms in total. The van der Waals surface area contributed by atoms with Crippen LogP contribution in [0.3, 0.4) is 0 Å². The average Bonchev–Trinajstić information content (AvgIpc) is 2.37. The first-order valence-corrected chi connectivity index (χ1v) is 5.27. The first-order valence-electron chi connectivity index (χ1n) is 5.27. The van der Waals surface area contributed by atoms with Crippen molar-refractivity contribution in [3.8, 4) is 0 Å². The fourth-order valence-corrected chi connectivity index (χ4v) is 2.14. The van der Waals surface area contributed by atoms with Crippen LogP contribution in [0.2, 0.25) is 0 Å². The van der Waals surface area contributed by atoms with E-state index < -0.39 is 0 Å². The summed E-state index contributed by atoms with van der Waals surface area (Å²) in [6.45, 7) is 5.60. The summed E-state index contributed by atoms with van der Waals surface area (Å²) in [6, 6.07) is 19.8. The summed E-state index contributed by atoms with van der Waals surface area (Å²) in [4.78, 5) is 0. The molecule has 3 aromatic rings. The second kappa shape index (κ2) is 5.12. The average molecular weight is 291 g/mol. The van der Waals surface area contributed by atoms with E-state index in [1.165, 1.54) is 16.2 Å². The fraction of sp³-hybridized carbons (Fsp3) is 0. The van der Waals surface area contributed by atoms with Crippen molar-refractivity contribution in [1.29, 1.82) is 0 Å². The number of rotatable bonds is 1. The van der Waals surface area contributed by atoms with Gasteiger partial charge in [0.1, 0.15) is 0 Å². The molecule has 3 rings (SSSR count). The van der Waals surface area contributed by atoms with E-state index in [0.717, 1.165) is 10.9 Å². The van der Waals surface area contributed by atoms with Crippen molar-refractivity contribution >= 4 is 27.6 Å². The zero-order valence-electron chi connectivity index (χ0n) is 9.35. The summed E-state index contributed by atoms with van der Waals surface area (Å²) in [6.07, 6.45) is 1.61. The number of hydrogen-bond donors (Lipinski definition) is 0. The van der Waals surface area contributed by atoms with E-state index in [4.69, 9.17) is 6.58 Å². The van der Waals surface area contributed by atoms with Crippen molar-refractivity contribution in [2.24, 2.45) is 0 Å². The van der Waals surface area contributed by atoms with Gasteiger partial charge in [0.25, 0.3) is 0 Å². The first-order chi connectivity index (χ1) is 7.90. The Balaban J connectivity index is 0.00000108. The molecule has 0 aliphatic carbocycles. The van der Waals surface area contributed by atoms with Gasteiger partial charge in [0.05, 0.1) is 0 Å². The second-order valence-electron chi connectivity index (χ2n) is 3.81. The molecule has 0 saturated carbocycles. The summed E-state index contributed by atoms with van der Waals surface area (Å²) in [5.41, 5.74) is 0.961. The first kappa shape index (κ1) is 12.5. The molecule has 0 bridgehead atoms.